The van der Waals surface area contributed by atoms with Crippen LogP contribution in [0.25, 0.3) is 0 Å². The van der Waals surface area contributed by atoms with E-state index in [0.29, 0.717) is 5.92 Å². The molecule has 1 unspecified atom stereocenters. The maximum absolute atomic E-state index is 4.43. The zero-order chi connectivity index (χ0) is 14.4. The van der Waals surface area contributed by atoms with Gasteiger partial charge >= 0.3 is 0 Å². The Balaban J connectivity index is 2.26. The van der Waals surface area contributed by atoms with Crippen molar-refractivity contribution >= 4 is 11.3 Å². The molecule has 0 aliphatic carbocycles. The van der Waals surface area contributed by atoms with Crippen LogP contribution in [0.1, 0.15) is 61.2 Å². The lowest BCUT2D eigenvalue weighted by Gasteiger charge is -2.15. The number of nitrogens with zero attached hydrogens (tertiary/aromatic N) is 2. The molecule has 0 saturated heterocycles. The third-order valence-corrected chi connectivity index (χ3v) is 4.73. The van der Waals surface area contributed by atoms with Gasteiger partial charge in [-0.25, -0.2) is 0 Å². The van der Waals surface area contributed by atoms with Gasteiger partial charge in [-0.1, -0.05) is 62.4 Å². The van der Waals surface area contributed by atoms with Gasteiger partial charge in [0.05, 0.1) is 6.04 Å². The molecular formula is C16H23N3S. The molecule has 0 bridgehead atoms. The van der Waals surface area contributed by atoms with Gasteiger partial charge in [0, 0.05) is 5.92 Å². The summed E-state index contributed by atoms with van der Waals surface area (Å²) in [7, 11) is 0. The second-order valence-corrected chi connectivity index (χ2v) is 5.93. The lowest BCUT2D eigenvalue weighted by Crippen LogP contribution is -2.21. The van der Waals surface area contributed by atoms with E-state index < -0.39 is 0 Å². The minimum absolute atomic E-state index is 0.154. The van der Waals surface area contributed by atoms with Crippen molar-refractivity contribution in [3.8, 4) is 0 Å². The average molecular weight is 289 g/mol. The molecule has 1 aromatic carbocycles. The van der Waals surface area contributed by atoms with Crippen LogP contribution in [0.3, 0.4) is 0 Å². The summed E-state index contributed by atoms with van der Waals surface area (Å²) in [5, 5.41) is 14.6. The number of aromatic nitrogens is 2. The van der Waals surface area contributed by atoms with Crippen LogP contribution >= 0.6 is 11.3 Å². The van der Waals surface area contributed by atoms with Crippen LogP contribution in [0.4, 0.5) is 0 Å². The normalized spacial score (nSPS) is 12.8. The maximum Gasteiger partial charge on any atom is 0.139 e. The average Bonchev–Trinajstić information content (AvgIpc) is 2.96. The number of nitrogens with one attached hydrogen (secondary N) is 1. The van der Waals surface area contributed by atoms with Crippen molar-refractivity contribution in [1.82, 2.24) is 15.5 Å². The van der Waals surface area contributed by atoms with Crippen LogP contribution < -0.4 is 5.32 Å². The molecule has 2 aromatic rings. The molecule has 0 spiro atoms. The lowest BCUT2D eigenvalue weighted by molar-refractivity contribution is 0.613. The Kier molecular flexibility index (Phi) is 5.68. The third kappa shape index (κ3) is 3.44. The van der Waals surface area contributed by atoms with Crippen LogP contribution in [0.15, 0.2) is 30.3 Å². The fourth-order valence-corrected chi connectivity index (χ4v) is 3.58. The predicted octanol–water partition coefficient (Wildman–Crippen LogP) is 4.14. The van der Waals surface area contributed by atoms with E-state index in [-0.39, 0.29) is 6.04 Å². The zero-order valence-corrected chi connectivity index (χ0v) is 13.3. The third-order valence-electron chi connectivity index (χ3n) is 3.58. The molecule has 108 valence electrons. The minimum Gasteiger partial charge on any atom is -0.304 e. The van der Waals surface area contributed by atoms with Crippen molar-refractivity contribution in [3.63, 3.8) is 0 Å². The first-order valence-electron chi connectivity index (χ1n) is 7.41. The smallest absolute Gasteiger partial charge is 0.139 e. The first-order valence-corrected chi connectivity index (χ1v) is 8.23. The molecule has 20 heavy (non-hydrogen) atoms. The van der Waals surface area contributed by atoms with E-state index in [1.807, 2.05) is 6.07 Å². The van der Waals surface area contributed by atoms with Gasteiger partial charge in [0.2, 0.25) is 0 Å². The fourth-order valence-electron chi connectivity index (χ4n) is 2.36. The molecule has 0 saturated carbocycles. The van der Waals surface area contributed by atoms with Crippen molar-refractivity contribution in [3.05, 3.63) is 45.9 Å². The zero-order valence-electron chi connectivity index (χ0n) is 12.5. The van der Waals surface area contributed by atoms with E-state index in [0.717, 1.165) is 24.4 Å². The summed E-state index contributed by atoms with van der Waals surface area (Å²) >= 11 is 1.75. The highest BCUT2D eigenvalue weighted by Gasteiger charge is 2.20. The summed E-state index contributed by atoms with van der Waals surface area (Å²) in [4.78, 5) is 0. The van der Waals surface area contributed by atoms with Crippen LogP contribution in [-0.4, -0.2) is 16.7 Å². The predicted molar refractivity (Wildman–Crippen MR) is 85.2 cm³/mol. The standard InChI is InChI=1S/C16H23N3S/c1-4-12(5-2)15-18-19-16(20-15)14(17-6-3)13-10-8-7-9-11-13/h7-12,14,17H,4-6H2,1-3H3. The highest BCUT2D eigenvalue weighted by molar-refractivity contribution is 7.11. The van der Waals surface area contributed by atoms with E-state index in [1.54, 1.807) is 11.3 Å². The van der Waals surface area contributed by atoms with Crippen LogP contribution in [0, 0.1) is 0 Å². The molecule has 1 heterocycles. The Morgan fingerprint density at radius 1 is 1.00 bits per heavy atom. The maximum atomic E-state index is 4.43. The molecule has 1 N–H and O–H groups in total. The van der Waals surface area contributed by atoms with Crippen molar-refractivity contribution in [2.24, 2.45) is 0 Å². The molecular weight excluding hydrogens is 266 g/mol. The van der Waals surface area contributed by atoms with E-state index >= 15 is 0 Å². The van der Waals surface area contributed by atoms with Gasteiger partial charge in [-0.15, -0.1) is 10.2 Å². The molecule has 1 aromatic heterocycles. The quantitative estimate of drug-likeness (QED) is 0.832. The molecule has 0 fully saturated rings. The molecule has 0 radical (unpaired) electrons. The van der Waals surface area contributed by atoms with E-state index in [9.17, 15) is 0 Å². The van der Waals surface area contributed by atoms with Gasteiger partial charge < -0.3 is 5.32 Å². The number of hydrogen-bond acceptors (Lipinski definition) is 4. The van der Waals surface area contributed by atoms with Crippen LogP contribution in [0.2, 0.25) is 0 Å². The Morgan fingerprint density at radius 2 is 1.65 bits per heavy atom. The number of rotatable bonds is 7. The van der Waals surface area contributed by atoms with Crippen molar-refractivity contribution in [1.29, 1.82) is 0 Å². The van der Waals surface area contributed by atoms with Crippen LogP contribution in [-0.2, 0) is 0 Å². The topological polar surface area (TPSA) is 37.8 Å². The van der Waals surface area contributed by atoms with Gasteiger partial charge in [0.15, 0.2) is 0 Å². The van der Waals surface area contributed by atoms with E-state index in [1.165, 1.54) is 10.6 Å². The van der Waals surface area contributed by atoms with Crippen molar-refractivity contribution in [2.45, 2.75) is 45.6 Å². The molecule has 0 amide bonds. The molecule has 4 heteroatoms. The van der Waals surface area contributed by atoms with Crippen LogP contribution in [0.5, 0.6) is 0 Å². The largest absolute Gasteiger partial charge is 0.304 e. The second kappa shape index (κ2) is 7.50. The first-order chi connectivity index (χ1) is 9.80. The molecule has 0 aliphatic heterocycles. The highest BCUT2D eigenvalue weighted by atomic mass is 32.1. The van der Waals surface area contributed by atoms with Gasteiger partial charge in [-0.3, -0.25) is 0 Å². The SMILES string of the molecule is CCNC(c1ccccc1)c1nnc(C(CC)CC)s1. The monoisotopic (exact) mass is 289 g/mol. The molecule has 2 rings (SSSR count). The van der Waals surface area contributed by atoms with Gasteiger partial charge in [-0.2, -0.15) is 0 Å². The molecule has 3 nitrogen and oxygen atoms in total. The van der Waals surface area contributed by atoms with Gasteiger partial charge in [0.1, 0.15) is 10.0 Å². The van der Waals surface area contributed by atoms with E-state index in [2.05, 4.69) is 60.6 Å². The summed E-state index contributed by atoms with van der Waals surface area (Å²) in [5.74, 6) is 0.541. The summed E-state index contributed by atoms with van der Waals surface area (Å²) < 4.78 is 0. The van der Waals surface area contributed by atoms with Gasteiger partial charge in [0.25, 0.3) is 0 Å². The molecule has 0 aliphatic rings. The summed E-state index contributed by atoms with van der Waals surface area (Å²) in [6.45, 7) is 7.47. The van der Waals surface area contributed by atoms with Gasteiger partial charge in [-0.05, 0) is 24.9 Å². The number of benzene rings is 1. The Bertz CT molecular complexity index is 505. The summed E-state index contributed by atoms with van der Waals surface area (Å²) in [6.07, 6.45) is 2.25. The van der Waals surface area contributed by atoms with Crippen molar-refractivity contribution < 1.29 is 0 Å². The van der Waals surface area contributed by atoms with E-state index in [4.69, 9.17) is 0 Å². The highest BCUT2D eigenvalue weighted by Crippen LogP contribution is 2.30. The summed E-state index contributed by atoms with van der Waals surface area (Å²) in [5.41, 5.74) is 1.25. The summed E-state index contributed by atoms with van der Waals surface area (Å²) in [6, 6.07) is 10.6. The Hall–Kier alpha value is -1.26. The Labute approximate surface area is 125 Å². The minimum atomic E-state index is 0.154. The molecule has 1 atom stereocenters. The second-order valence-electron chi connectivity index (χ2n) is 4.89. The fraction of sp³-hybridized carbons (Fsp3) is 0.500. The first kappa shape index (κ1) is 15.1. The Morgan fingerprint density at radius 3 is 2.25 bits per heavy atom. The lowest BCUT2D eigenvalue weighted by atomic mass is 10.1. The number of hydrogen-bond donors (Lipinski definition) is 1. The van der Waals surface area contributed by atoms with Crippen molar-refractivity contribution in [2.75, 3.05) is 6.54 Å².